The van der Waals surface area contributed by atoms with E-state index in [0.29, 0.717) is 11.4 Å². The maximum absolute atomic E-state index is 12.2. The van der Waals surface area contributed by atoms with Gasteiger partial charge in [0.05, 0.1) is 16.3 Å². The molecule has 0 aliphatic rings. The third kappa shape index (κ3) is 4.37. The molecule has 0 bridgehead atoms. The minimum atomic E-state index is -0.936. The number of amides is 1. The normalized spacial score (nSPS) is 11.8. The van der Waals surface area contributed by atoms with E-state index in [2.05, 4.69) is 15.6 Å². The predicted molar refractivity (Wildman–Crippen MR) is 86.5 cm³/mol. The molecule has 0 saturated heterocycles. The lowest BCUT2D eigenvalue weighted by Crippen LogP contribution is -2.30. The Hall–Kier alpha value is -3.30. The first kappa shape index (κ1) is 18.0. The fourth-order valence-corrected chi connectivity index (χ4v) is 2.24. The van der Waals surface area contributed by atoms with Gasteiger partial charge in [-0.1, -0.05) is 18.2 Å². The van der Waals surface area contributed by atoms with Gasteiger partial charge < -0.3 is 10.4 Å². The lowest BCUT2D eigenvalue weighted by Gasteiger charge is -2.09. The van der Waals surface area contributed by atoms with Crippen LogP contribution in [0.25, 0.3) is 5.69 Å². The zero-order valence-electron chi connectivity index (χ0n) is 13.7. The Kier molecular flexibility index (Phi) is 5.42. The molecule has 0 spiro atoms. The zero-order valence-corrected chi connectivity index (χ0v) is 13.7. The molecule has 0 aliphatic carbocycles. The molecule has 0 saturated carbocycles. The second-order valence-electron chi connectivity index (χ2n) is 5.63. The van der Waals surface area contributed by atoms with Crippen LogP contribution in [0.15, 0.2) is 24.3 Å². The maximum Gasteiger partial charge on any atom is 0.303 e. The second-order valence-corrected chi connectivity index (χ2v) is 5.63. The molecule has 0 aliphatic heterocycles. The highest BCUT2D eigenvalue weighted by molar-refractivity contribution is 5.93. The van der Waals surface area contributed by atoms with E-state index in [4.69, 9.17) is 5.11 Å². The van der Waals surface area contributed by atoms with Gasteiger partial charge in [-0.15, -0.1) is 5.10 Å². The minimum absolute atomic E-state index is 0.0559. The average molecular weight is 347 g/mol. The average Bonchev–Trinajstić information content (AvgIpc) is 2.93. The molecule has 132 valence electrons. The number of nitrogens with zero attached hydrogens (tertiary/aromatic N) is 4. The smallest absolute Gasteiger partial charge is 0.303 e. The number of nitro benzene ring substituents is 1. The van der Waals surface area contributed by atoms with Gasteiger partial charge in [0, 0.05) is 25.1 Å². The lowest BCUT2D eigenvalue weighted by atomic mass is 10.1. The Morgan fingerprint density at radius 2 is 2.16 bits per heavy atom. The molecule has 10 nitrogen and oxygen atoms in total. The van der Waals surface area contributed by atoms with Crippen molar-refractivity contribution < 1.29 is 19.6 Å². The number of nitrogens with one attached hydrogen (secondary N) is 1. The highest BCUT2D eigenvalue weighted by atomic mass is 16.6. The van der Waals surface area contributed by atoms with Gasteiger partial charge in [0.25, 0.3) is 11.6 Å². The predicted octanol–water partition coefficient (Wildman–Crippen LogP) is 1.32. The van der Waals surface area contributed by atoms with Crippen molar-refractivity contribution in [3.63, 3.8) is 0 Å². The number of benzene rings is 1. The molecule has 1 amide bonds. The molecular formula is C15H17N5O5. The molecule has 1 heterocycles. The van der Waals surface area contributed by atoms with Crippen molar-refractivity contribution in [3.8, 4) is 5.69 Å². The van der Waals surface area contributed by atoms with E-state index < -0.39 is 16.8 Å². The summed E-state index contributed by atoms with van der Waals surface area (Å²) in [5, 5.41) is 29.9. The van der Waals surface area contributed by atoms with Crippen LogP contribution in [-0.2, 0) is 4.79 Å². The molecule has 1 unspecified atom stereocenters. The Balaban J connectivity index is 2.15. The molecule has 2 aromatic rings. The highest BCUT2D eigenvalue weighted by Crippen LogP contribution is 2.18. The van der Waals surface area contributed by atoms with Crippen molar-refractivity contribution in [3.05, 3.63) is 45.8 Å². The summed E-state index contributed by atoms with van der Waals surface area (Å²) in [7, 11) is 0. The van der Waals surface area contributed by atoms with Gasteiger partial charge in [0.15, 0.2) is 5.69 Å². The van der Waals surface area contributed by atoms with E-state index in [1.54, 1.807) is 19.9 Å². The Bertz CT molecular complexity index is 816. The van der Waals surface area contributed by atoms with Crippen LogP contribution in [0.4, 0.5) is 5.69 Å². The van der Waals surface area contributed by atoms with E-state index >= 15 is 0 Å². The van der Waals surface area contributed by atoms with Gasteiger partial charge in [0.2, 0.25) is 0 Å². The summed E-state index contributed by atoms with van der Waals surface area (Å²) in [6, 6.07) is 5.82. The summed E-state index contributed by atoms with van der Waals surface area (Å²) in [5.74, 6) is -1.64. The van der Waals surface area contributed by atoms with Crippen LogP contribution in [0.1, 0.15) is 29.5 Å². The van der Waals surface area contributed by atoms with Crippen molar-refractivity contribution in [2.24, 2.45) is 5.92 Å². The summed E-state index contributed by atoms with van der Waals surface area (Å²) in [4.78, 5) is 33.2. The number of carboxylic acids is 1. The van der Waals surface area contributed by atoms with Gasteiger partial charge in [-0.25, -0.2) is 4.68 Å². The molecule has 10 heteroatoms. The van der Waals surface area contributed by atoms with E-state index in [0.717, 1.165) is 0 Å². The molecule has 1 aromatic carbocycles. The van der Waals surface area contributed by atoms with E-state index in [1.165, 1.54) is 22.9 Å². The quantitative estimate of drug-likeness (QED) is 0.568. The number of rotatable bonds is 7. The highest BCUT2D eigenvalue weighted by Gasteiger charge is 2.19. The summed E-state index contributed by atoms with van der Waals surface area (Å²) in [6.07, 6.45) is -0.0559. The van der Waals surface area contributed by atoms with Gasteiger partial charge in [-0.3, -0.25) is 19.7 Å². The van der Waals surface area contributed by atoms with Gasteiger partial charge in [-0.05, 0) is 18.9 Å². The van der Waals surface area contributed by atoms with Crippen LogP contribution >= 0.6 is 0 Å². The number of carboxylic acid groups (broad SMARTS) is 1. The Labute approximate surface area is 142 Å². The summed E-state index contributed by atoms with van der Waals surface area (Å²) in [5.41, 5.74) is 0.816. The molecule has 25 heavy (non-hydrogen) atoms. The fraction of sp³-hybridized carbons (Fsp3) is 0.333. The molecule has 0 fully saturated rings. The van der Waals surface area contributed by atoms with Crippen molar-refractivity contribution in [1.29, 1.82) is 0 Å². The summed E-state index contributed by atoms with van der Waals surface area (Å²) >= 11 is 0. The molecule has 0 radical (unpaired) electrons. The number of nitro groups is 1. The van der Waals surface area contributed by atoms with E-state index in [9.17, 15) is 19.7 Å². The lowest BCUT2D eigenvalue weighted by molar-refractivity contribution is -0.384. The first-order valence-corrected chi connectivity index (χ1v) is 7.46. The maximum atomic E-state index is 12.2. The van der Waals surface area contributed by atoms with Crippen LogP contribution in [0.3, 0.4) is 0 Å². The number of carbonyl (C=O) groups is 2. The molecule has 1 aromatic heterocycles. The van der Waals surface area contributed by atoms with Gasteiger partial charge >= 0.3 is 5.97 Å². The van der Waals surface area contributed by atoms with Gasteiger partial charge in [-0.2, -0.15) is 0 Å². The summed E-state index contributed by atoms with van der Waals surface area (Å²) < 4.78 is 1.34. The molecular weight excluding hydrogens is 330 g/mol. The number of aliphatic carboxylic acids is 1. The molecule has 2 N–H and O–H groups in total. The van der Waals surface area contributed by atoms with Crippen LogP contribution in [0.5, 0.6) is 0 Å². The monoisotopic (exact) mass is 347 g/mol. The first-order chi connectivity index (χ1) is 11.8. The van der Waals surface area contributed by atoms with Crippen molar-refractivity contribution in [2.45, 2.75) is 20.3 Å². The number of aromatic nitrogens is 3. The van der Waals surface area contributed by atoms with Crippen LogP contribution in [-0.4, -0.2) is 43.4 Å². The van der Waals surface area contributed by atoms with Crippen LogP contribution in [0.2, 0.25) is 0 Å². The number of carbonyl (C=O) groups excluding carboxylic acids is 1. The zero-order chi connectivity index (χ0) is 18.6. The van der Waals surface area contributed by atoms with Gasteiger partial charge in [0.1, 0.15) is 0 Å². The fourth-order valence-electron chi connectivity index (χ4n) is 2.24. The van der Waals surface area contributed by atoms with Crippen molar-refractivity contribution in [2.75, 3.05) is 6.54 Å². The Morgan fingerprint density at radius 1 is 1.44 bits per heavy atom. The second kappa shape index (κ2) is 7.51. The van der Waals surface area contributed by atoms with Crippen molar-refractivity contribution in [1.82, 2.24) is 20.3 Å². The third-order valence-electron chi connectivity index (χ3n) is 3.53. The SMILES string of the molecule is Cc1c(C(=O)NCC(C)CC(=O)O)nnn1-c1cccc([N+](=O)[O-])c1. The minimum Gasteiger partial charge on any atom is -0.481 e. The van der Waals surface area contributed by atoms with E-state index in [-0.39, 0.29) is 30.3 Å². The van der Waals surface area contributed by atoms with Crippen molar-refractivity contribution >= 4 is 17.6 Å². The first-order valence-electron chi connectivity index (χ1n) is 7.46. The van der Waals surface area contributed by atoms with Crippen LogP contribution < -0.4 is 5.32 Å². The van der Waals surface area contributed by atoms with E-state index in [1.807, 2.05) is 0 Å². The third-order valence-corrected chi connectivity index (χ3v) is 3.53. The van der Waals surface area contributed by atoms with Crippen LogP contribution in [0, 0.1) is 23.0 Å². The molecule has 2 rings (SSSR count). The number of hydrogen-bond donors (Lipinski definition) is 2. The summed E-state index contributed by atoms with van der Waals surface area (Å²) in [6.45, 7) is 3.52. The largest absolute Gasteiger partial charge is 0.481 e. The standard InChI is InChI=1S/C15H17N5O5/c1-9(6-13(21)22)8-16-15(23)14-10(2)19(18-17-14)11-4-3-5-12(7-11)20(24)25/h3-5,7,9H,6,8H2,1-2H3,(H,16,23)(H,21,22). The topological polar surface area (TPSA) is 140 Å². The number of hydrogen-bond acceptors (Lipinski definition) is 6. The molecule has 1 atom stereocenters. The number of non-ortho nitro benzene ring substituents is 1. The Morgan fingerprint density at radius 3 is 2.80 bits per heavy atom.